The van der Waals surface area contributed by atoms with E-state index in [4.69, 9.17) is 5.26 Å². The average molecular weight is 423 g/mol. The Hall–Kier alpha value is -3.02. The van der Waals surface area contributed by atoms with Gasteiger partial charge in [0.1, 0.15) is 5.00 Å². The van der Waals surface area contributed by atoms with Crippen LogP contribution in [0.3, 0.4) is 0 Å². The van der Waals surface area contributed by atoms with E-state index in [-0.39, 0.29) is 11.8 Å². The summed E-state index contributed by atoms with van der Waals surface area (Å²) in [7, 11) is 0. The van der Waals surface area contributed by atoms with Crippen LogP contribution < -0.4 is 10.6 Å². The second kappa shape index (κ2) is 8.55. The minimum atomic E-state index is -0.297. The lowest BCUT2D eigenvalue weighted by atomic mass is 10.0. The molecule has 1 aliphatic rings. The largest absolute Gasteiger partial charge is 0.313 e. The molecule has 1 aliphatic carbocycles. The fourth-order valence-corrected chi connectivity index (χ4v) is 5.19. The Morgan fingerprint density at radius 1 is 1.03 bits per heavy atom. The van der Waals surface area contributed by atoms with E-state index in [1.165, 1.54) is 27.6 Å². The van der Waals surface area contributed by atoms with Crippen molar-refractivity contribution in [3.8, 4) is 6.07 Å². The molecule has 2 aromatic heterocycles. The molecule has 0 bridgehead atoms. The standard InChI is InChI=1S/C21H18N4O2S2/c22-12-13-6-8-14(9-7-13)18(26)24-20-17(19(27)25-21-23-10-11-28-21)15-4-2-1-3-5-16(15)29-20/h6-11H,1-5H2,(H,24,26)(H,23,25,27). The number of anilines is 2. The average Bonchev–Trinajstić information content (AvgIpc) is 3.29. The zero-order valence-corrected chi connectivity index (χ0v) is 17.2. The van der Waals surface area contributed by atoms with Crippen LogP contribution in [0.4, 0.5) is 10.1 Å². The zero-order chi connectivity index (χ0) is 20.2. The Morgan fingerprint density at radius 2 is 1.83 bits per heavy atom. The summed E-state index contributed by atoms with van der Waals surface area (Å²) in [6, 6.07) is 8.48. The van der Waals surface area contributed by atoms with Crippen molar-refractivity contribution in [2.24, 2.45) is 0 Å². The summed E-state index contributed by atoms with van der Waals surface area (Å²) in [5, 5.41) is 17.6. The van der Waals surface area contributed by atoms with Gasteiger partial charge in [-0.05, 0) is 55.5 Å². The van der Waals surface area contributed by atoms with Crippen molar-refractivity contribution in [3.05, 3.63) is 63.0 Å². The van der Waals surface area contributed by atoms with E-state index in [0.717, 1.165) is 37.7 Å². The molecule has 2 heterocycles. The van der Waals surface area contributed by atoms with E-state index in [2.05, 4.69) is 15.6 Å². The quantitative estimate of drug-likeness (QED) is 0.588. The van der Waals surface area contributed by atoms with Gasteiger partial charge in [-0.2, -0.15) is 5.26 Å². The highest BCUT2D eigenvalue weighted by Crippen LogP contribution is 2.38. The molecule has 6 nitrogen and oxygen atoms in total. The lowest BCUT2D eigenvalue weighted by Crippen LogP contribution is -2.18. The first-order chi connectivity index (χ1) is 14.2. The second-order valence-corrected chi connectivity index (χ2v) is 8.70. The van der Waals surface area contributed by atoms with E-state index < -0.39 is 0 Å². The minimum absolute atomic E-state index is 0.241. The van der Waals surface area contributed by atoms with Gasteiger partial charge in [-0.3, -0.25) is 14.9 Å². The first-order valence-corrected chi connectivity index (χ1v) is 11.0. The molecule has 146 valence electrons. The van der Waals surface area contributed by atoms with Crippen molar-refractivity contribution in [2.75, 3.05) is 10.6 Å². The summed E-state index contributed by atoms with van der Waals surface area (Å²) in [6.45, 7) is 0. The fourth-order valence-electron chi connectivity index (χ4n) is 3.39. The third kappa shape index (κ3) is 4.21. The first kappa shape index (κ1) is 19.3. The van der Waals surface area contributed by atoms with E-state index in [1.807, 2.05) is 6.07 Å². The second-order valence-electron chi connectivity index (χ2n) is 6.70. The van der Waals surface area contributed by atoms with Gasteiger partial charge in [0, 0.05) is 22.0 Å². The Labute approximate surface area is 176 Å². The van der Waals surface area contributed by atoms with Gasteiger partial charge in [-0.1, -0.05) is 6.42 Å². The van der Waals surface area contributed by atoms with Crippen LogP contribution in [0.5, 0.6) is 0 Å². The van der Waals surface area contributed by atoms with Crippen LogP contribution in [0.1, 0.15) is 56.0 Å². The summed E-state index contributed by atoms with van der Waals surface area (Å²) in [5.74, 6) is -0.538. The molecule has 0 unspecified atom stereocenters. The van der Waals surface area contributed by atoms with Crippen molar-refractivity contribution in [2.45, 2.75) is 32.1 Å². The maximum absolute atomic E-state index is 13.1. The number of amides is 2. The van der Waals surface area contributed by atoms with E-state index in [9.17, 15) is 9.59 Å². The molecule has 0 spiro atoms. The van der Waals surface area contributed by atoms with Crippen molar-refractivity contribution < 1.29 is 9.59 Å². The highest BCUT2D eigenvalue weighted by atomic mass is 32.1. The van der Waals surface area contributed by atoms with Crippen LogP contribution in [0.25, 0.3) is 0 Å². The molecular formula is C21H18N4O2S2. The van der Waals surface area contributed by atoms with Crippen molar-refractivity contribution >= 4 is 44.6 Å². The lowest BCUT2D eigenvalue weighted by Gasteiger charge is -2.09. The molecule has 0 saturated carbocycles. The maximum atomic E-state index is 13.1. The molecule has 0 saturated heterocycles. The monoisotopic (exact) mass is 422 g/mol. The Bertz CT molecular complexity index is 1080. The third-order valence-corrected chi connectivity index (χ3v) is 6.70. The molecule has 2 N–H and O–H groups in total. The molecule has 0 radical (unpaired) electrons. The van der Waals surface area contributed by atoms with Crippen molar-refractivity contribution in [3.63, 3.8) is 0 Å². The molecule has 4 rings (SSSR count). The molecule has 1 aromatic carbocycles. The van der Waals surface area contributed by atoms with Gasteiger partial charge < -0.3 is 5.32 Å². The zero-order valence-electron chi connectivity index (χ0n) is 15.5. The molecule has 3 aromatic rings. The smallest absolute Gasteiger partial charge is 0.260 e. The first-order valence-electron chi connectivity index (χ1n) is 9.32. The van der Waals surface area contributed by atoms with E-state index in [1.54, 1.807) is 35.8 Å². The van der Waals surface area contributed by atoms with Crippen LogP contribution in [0, 0.1) is 11.3 Å². The number of nitrogens with zero attached hydrogens (tertiary/aromatic N) is 2. The minimum Gasteiger partial charge on any atom is -0.313 e. The molecule has 0 atom stereocenters. The SMILES string of the molecule is N#Cc1ccc(C(=O)Nc2sc3c(c2C(=O)Nc2nccs2)CCCCC3)cc1. The lowest BCUT2D eigenvalue weighted by molar-refractivity contribution is 0.102. The van der Waals surface area contributed by atoms with Crippen LogP contribution in [0.2, 0.25) is 0 Å². The summed E-state index contributed by atoms with van der Waals surface area (Å²) >= 11 is 2.84. The topological polar surface area (TPSA) is 94.9 Å². The number of thiophene rings is 1. The van der Waals surface area contributed by atoms with Gasteiger partial charge >= 0.3 is 0 Å². The highest BCUT2D eigenvalue weighted by Gasteiger charge is 2.26. The molecule has 8 heteroatoms. The van der Waals surface area contributed by atoms with E-state index >= 15 is 0 Å². The number of thiazole rings is 1. The normalized spacial score (nSPS) is 13.1. The number of aryl methyl sites for hydroxylation is 1. The molecule has 29 heavy (non-hydrogen) atoms. The van der Waals surface area contributed by atoms with Crippen LogP contribution >= 0.6 is 22.7 Å². The number of fused-ring (bicyclic) bond motifs is 1. The fraction of sp³-hybridized carbons (Fsp3) is 0.238. The van der Waals surface area contributed by atoms with Crippen molar-refractivity contribution in [1.29, 1.82) is 5.26 Å². The van der Waals surface area contributed by atoms with Gasteiger partial charge in [0.15, 0.2) is 5.13 Å². The highest BCUT2D eigenvalue weighted by molar-refractivity contribution is 7.17. The number of rotatable bonds is 4. The van der Waals surface area contributed by atoms with Crippen molar-refractivity contribution in [1.82, 2.24) is 4.98 Å². The molecule has 0 aliphatic heterocycles. The van der Waals surface area contributed by atoms with Gasteiger partial charge in [0.05, 0.1) is 17.2 Å². The van der Waals surface area contributed by atoms with Gasteiger partial charge in [0.25, 0.3) is 11.8 Å². The van der Waals surface area contributed by atoms with Gasteiger partial charge in [0.2, 0.25) is 0 Å². The predicted molar refractivity (Wildman–Crippen MR) is 115 cm³/mol. The predicted octanol–water partition coefficient (Wildman–Crippen LogP) is 4.85. The number of carbonyl (C=O) groups excluding carboxylic acids is 2. The van der Waals surface area contributed by atoms with E-state index in [0.29, 0.717) is 26.8 Å². The van der Waals surface area contributed by atoms with Gasteiger partial charge in [-0.25, -0.2) is 4.98 Å². The number of hydrogen-bond donors (Lipinski definition) is 2. The van der Waals surface area contributed by atoms with Crippen LogP contribution in [-0.2, 0) is 12.8 Å². The molecular weight excluding hydrogens is 404 g/mol. The molecule has 2 amide bonds. The third-order valence-electron chi connectivity index (χ3n) is 4.80. The Kier molecular flexibility index (Phi) is 5.69. The van der Waals surface area contributed by atoms with Gasteiger partial charge in [-0.15, -0.1) is 22.7 Å². The summed E-state index contributed by atoms with van der Waals surface area (Å²) in [4.78, 5) is 31.1. The number of benzene rings is 1. The number of aromatic nitrogens is 1. The van der Waals surface area contributed by atoms with Crippen LogP contribution in [0.15, 0.2) is 35.8 Å². The number of nitriles is 1. The maximum Gasteiger partial charge on any atom is 0.260 e. The number of nitrogens with one attached hydrogen (secondary N) is 2. The van der Waals surface area contributed by atoms with Crippen LogP contribution in [-0.4, -0.2) is 16.8 Å². The Morgan fingerprint density at radius 3 is 2.55 bits per heavy atom. The number of hydrogen-bond acceptors (Lipinski definition) is 6. The number of carbonyl (C=O) groups is 2. The summed E-state index contributed by atoms with van der Waals surface area (Å²) in [5.41, 5.74) is 2.52. The Balaban J connectivity index is 1.65. The summed E-state index contributed by atoms with van der Waals surface area (Å²) < 4.78 is 0. The summed E-state index contributed by atoms with van der Waals surface area (Å²) in [6.07, 6.45) is 6.65. The molecule has 0 fully saturated rings.